The Labute approximate surface area is 99.8 Å². The van der Waals surface area contributed by atoms with Gasteiger partial charge in [0.05, 0.1) is 5.92 Å². The summed E-state index contributed by atoms with van der Waals surface area (Å²) < 4.78 is 13.0. The van der Waals surface area contributed by atoms with E-state index in [9.17, 15) is 9.18 Å². The number of piperidine rings is 1. The van der Waals surface area contributed by atoms with Gasteiger partial charge >= 0.3 is 0 Å². The number of aromatic nitrogens is 1. The van der Waals surface area contributed by atoms with Crippen molar-refractivity contribution in [3.05, 3.63) is 24.1 Å². The van der Waals surface area contributed by atoms with Gasteiger partial charge in [-0.05, 0) is 25.0 Å². The lowest BCUT2D eigenvalue weighted by Crippen LogP contribution is -2.42. The predicted molar refractivity (Wildman–Crippen MR) is 63.2 cm³/mol. The zero-order chi connectivity index (χ0) is 12.3. The first-order chi connectivity index (χ1) is 8.20. The molecule has 1 unspecified atom stereocenters. The van der Waals surface area contributed by atoms with Gasteiger partial charge in [0.25, 0.3) is 0 Å². The van der Waals surface area contributed by atoms with Crippen molar-refractivity contribution in [3.63, 3.8) is 0 Å². The second kappa shape index (κ2) is 5.12. The maximum absolute atomic E-state index is 13.0. The van der Waals surface area contributed by atoms with E-state index in [1.54, 1.807) is 19.2 Å². The average Bonchev–Trinajstić information content (AvgIpc) is 2.38. The largest absolute Gasteiger partial charge is 0.359 e. The van der Waals surface area contributed by atoms with E-state index < -0.39 is 5.95 Å². The molecule has 1 saturated heterocycles. The van der Waals surface area contributed by atoms with Crippen molar-refractivity contribution in [1.82, 2.24) is 10.3 Å². The summed E-state index contributed by atoms with van der Waals surface area (Å²) >= 11 is 0. The van der Waals surface area contributed by atoms with Gasteiger partial charge < -0.3 is 10.2 Å². The fraction of sp³-hybridized carbons (Fsp3) is 0.500. The molecule has 0 aromatic carbocycles. The van der Waals surface area contributed by atoms with Gasteiger partial charge in [0.1, 0.15) is 5.82 Å². The van der Waals surface area contributed by atoms with Crippen LogP contribution in [0.5, 0.6) is 0 Å². The smallest absolute Gasteiger partial charge is 0.224 e. The van der Waals surface area contributed by atoms with Crippen LogP contribution in [0, 0.1) is 11.9 Å². The minimum Gasteiger partial charge on any atom is -0.359 e. The van der Waals surface area contributed by atoms with Crippen LogP contribution in [0.3, 0.4) is 0 Å². The molecule has 1 aromatic rings. The third kappa shape index (κ3) is 2.72. The van der Waals surface area contributed by atoms with E-state index in [4.69, 9.17) is 0 Å². The van der Waals surface area contributed by atoms with Crippen molar-refractivity contribution in [3.8, 4) is 0 Å². The Kier molecular flexibility index (Phi) is 3.56. The Morgan fingerprint density at radius 2 is 2.41 bits per heavy atom. The van der Waals surface area contributed by atoms with Gasteiger partial charge in [0.2, 0.25) is 11.9 Å². The van der Waals surface area contributed by atoms with Crippen molar-refractivity contribution in [2.24, 2.45) is 5.92 Å². The molecule has 1 fully saturated rings. The molecule has 1 amide bonds. The number of nitrogens with one attached hydrogen (secondary N) is 1. The lowest BCUT2D eigenvalue weighted by atomic mass is 9.97. The molecule has 1 aliphatic rings. The Hall–Kier alpha value is -1.65. The summed E-state index contributed by atoms with van der Waals surface area (Å²) in [6, 6.07) is 4.74. The number of carbonyl (C=O) groups excluding carboxylic acids is 1. The highest BCUT2D eigenvalue weighted by Gasteiger charge is 2.25. The van der Waals surface area contributed by atoms with Gasteiger partial charge in [-0.1, -0.05) is 6.07 Å². The third-order valence-corrected chi connectivity index (χ3v) is 3.06. The third-order valence-electron chi connectivity index (χ3n) is 3.06. The van der Waals surface area contributed by atoms with Crippen LogP contribution in [0.4, 0.5) is 10.2 Å². The number of hydrogen-bond donors (Lipinski definition) is 1. The maximum atomic E-state index is 13.0. The van der Waals surface area contributed by atoms with Gasteiger partial charge in [0.15, 0.2) is 0 Å². The number of hydrogen-bond acceptors (Lipinski definition) is 3. The molecular formula is C12H16FN3O. The van der Waals surface area contributed by atoms with Gasteiger partial charge in [-0.2, -0.15) is 4.39 Å². The van der Waals surface area contributed by atoms with Gasteiger partial charge in [-0.15, -0.1) is 0 Å². The molecule has 5 heteroatoms. The fourth-order valence-corrected chi connectivity index (χ4v) is 2.18. The lowest BCUT2D eigenvalue weighted by molar-refractivity contribution is -0.124. The van der Waals surface area contributed by atoms with E-state index in [-0.39, 0.29) is 11.8 Å². The molecular weight excluding hydrogens is 221 g/mol. The number of amides is 1. The van der Waals surface area contributed by atoms with Crippen molar-refractivity contribution < 1.29 is 9.18 Å². The van der Waals surface area contributed by atoms with Crippen LogP contribution in [0.2, 0.25) is 0 Å². The SMILES string of the molecule is CNC(=O)C1CCCN(c2cccc(F)n2)C1. The highest BCUT2D eigenvalue weighted by molar-refractivity contribution is 5.79. The summed E-state index contributed by atoms with van der Waals surface area (Å²) in [6.07, 6.45) is 1.81. The van der Waals surface area contributed by atoms with Crippen LogP contribution in [0.15, 0.2) is 18.2 Å². The second-order valence-electron chi connectivity index (χ2n) is 4.22. The fourth-order valence-electron chi connectivity index (χ4n) is 2.18. The average molecular weight is 237 g/mol. The van der Waals surface area contributed by atoms with Crippen LogP contribution < -0.4 is 10.2 Å². The molecule has 4 nitrogen and oxygen atoms in total. The van der Waals surface area contributed by atoms with Crippen LogP contribution in [0.25, 0.3) is 0 Å². The normalized spacial score (nSPS) is 20.1. The number of halogens is 1. The summed E-state index contributed by atoms with van der Waals surface area (Å²) in [5.41, 5.74) is 0. The van der Waals surface area contributed by atoms with Crippen molar-refractivity contribution in [2.75, 3.05) is 25.0 Å². The van der Waals surface area contributed by atoms with Crippen molar-refractivity contribution in [1.29, 1.82) is 0 Å². The maximum Gasteiger partial charge on any atom is 0.224 e. The van der Waals surface area contributed by atoms with Gasteiger partial charge in [-0.3, -0.25) is 4.79 Å². The molecule has 1 aliphatic heterocycles. The molecule has 17 heavy (non-hydrogen) atoms. The van der Waals surface area contributed by atoms with E-state index in [1.807, 2.05) is 4.90 Å². The van der Waals surface area contributed by atoms with E-state index >= 15 is 0 Å². The molecule has 1 N–H and O–H groups in total. The Morgan fingerprint density at radius 3 is 3.12 bits per heavy atom. The molecule has 0 saturated carbocycles. The number of anilines is 1. The van der Waals surface area contributed by atoms with E-state index in [0.29, 0.717) is 12.4 Å². The van der Waals surface area contributed by atoms with Gasteiger partial charge in [0, 0.05) is 20.1 Å². The first-order valence-corrected chi connectivity index (χ1v) is 5.80. The zero-order valence-electron chi connectivity index (χ0n) is 9.82. The van der Waals surface area contributed by atoms with Crippen LogP contribution in [-0.4, -0.2) is 31.0 Å². The Balaban J connectivity index is 2.09. The molecule has 0 radical (unpaired) electrons. The summed E-state index contributed by atoms with van der Waals surface area (Å²) in [5, 5.41) is 2.66. The highest BCUT2D eigenvalue weighted by atomic mass is 19.1. The Morgan fingerprint density at radius 1 is 1.59 bits per heavy atom. The molecule has 2 heterocycles. The molecule has 1 aromatic heterocycles. The number of carbonyl (C=O) groups is 1. The molecule has 1 atom stereocenters. The van der Waals surface area contributed by atoms with E-state index in [0.717, 1.165) is 19.4 Å². The number of rotatable bonds is 2. The van der Waals surface area contributed by atoms with Crippen LogP contribution >= 0.6 is 0 Å². The standard InChI is InChI=1S/C12H16FN3O/c1-14-12(17)9-4-3-7-16(8-9)11-6-2-5-10(13)15-11/h2,5-6,9H,3-4,7-8H2,1H3,(H,14,17). The molecule has 0 spiro atoms. The van der Waals surface area contributed by atoms with Gasteiger partial charge in [-0.25, -0.2) is 4.98 Å². The molecule has 92 valence electrons. The summed E-state index contributed by atoms with van der Waals surface area (Å²) in [7, 11) is 1.64. The molecule has 0 bridgehead atoms. The predicted octanol–water partition coefficient (Wildman–Crippen LogP) is 1.18. The van der Waals surface area contributed by atoms with E-state index in [2.05, 4.69) is 10.3 Å². The first-order valence-electron chi connectivity index (χ1n) is 5.80. The second-order valence-corrected chi connectivity index (χ2v) is 4.22. The molecule has 0 aliphatic carbocycles. The summed E-state index contributed by atoms with van der Waals surface area (Å²) in [4.78, 5) is 17.4. The molecule has 2 rings (SSSR count). The minimum absolute atomic E-state index is 0.0289. The van der Waals surface area contributed by atoms with Crippen LogP contribution in [-0.2, 0) is 4.79 Å². The lowest BCUT2D eigenvalue weighted by Gasteiger charge is -2.32. The summed E-state index contributed by atoms with van der Waals surface area (Å²) in [6.45, 7) is 1.43. The first kappa shape index (κ1) is 11.8. The topological polar surface area (TPSA) is 45.2 Å². The zero-order valence-corrected chi connectivity index (χ0v) is 9.82. The van der Waals surface area contributed by atoms with Crippen molar-refractivity contribution in [2.45, 2.75) is 12.8 Å². The number of pyridine rings is 1. The van der Waals surface area contributed by atoms with E-state index in [1.165, 1.54) is 6.07 Å². The summed E-state index contributed by atoms with van der Waals surface area (Å²) in [5.74, 6) is 0.146. The Bertz CT molecular complexity index is 410. The monoisotopic (exact) mass is 237 g/mol. The van der Waals surface area contributed by atoms with Crippen molar-refractivity contribution >= 4 is 11.7 Å². The quantitative estimate of drug-likeness (QED) is 0.786. The number of nitrogens with zero attached hydrogens (tertiary/aromatic N) is 2. The minimum atomic E-state index is -0.482. The highest BCUT2D eigenvalue weighted by Crippen LogP contribution is 2.21. The van der Waals surface area contributed by atoms with Crippen LogP contribution in [0.1, 0.15) is 12.8 Å².